The summed E-state index contributed by atoms with van der Waals surface area (Å²) < 4.78 is 0. The smallest absolute Gasteiger partial charge is 0.255 e. The van der Waals surface area contributed by atoms with Crippen molar-refractivity contribution in [2.45, 2.75) is 23.9 Å². The van der Waals surface area contributed by atoms with Crippen LogP contribution in [0.1, 0.15) is 17.2 Å². The van der Waals surface area contributed by atoms with E-state index in [0.717, 1.165) is 6.07 Å². The molecule has 0 radical (unpaired) electrons. The second-order valence-electron chi connectivity index (χ2n) is 8.56. The Morgan fingerprint density at radius 3 is 2.30 bits per heavy atom. The van der Waals surface area contributed by atoms with Gasteiger partial charge in [-0.05, 0) is 26.2 Å². The lowest BCUT2D eigenvalue weighted by molar-refractivity contribution is -0.174. The number of nitrogens with zero attached hydrogens (tertiary/aromatic N) is 1. The Labute approximate surface area is 191 Å². The Kier molecular flexibility index (Phi) is 5.11. The molecule has 12 heteroatoms. The van der Waals surface area contributed by atoms with E-state index in [-0.39, 0.29) is 10.6 Å². The zero-order valence-corrected chi connectivity index (χ0v) is 18.1. The minimum atomic E-state index is -3.04. The lowest BCUT2D eigenvalue weighted by Crippen LogP contribution is -2.70. The molecular weight excluding hydrogens is 460 g/mol. The van der Waals surface area contributed by atoms with Gasteiger partial charge < -0.3 is 36.4 Å². The summed E-state index contributed by atoms with van der Waals surface area (Å²) in [5.41, 5.74) is -0.104. The van der Waals surface area contributed by atoms with Crippen molar-refractivity contribution in [3.63, 3.8) is 0 Å². The van der Waals surface area contributed by atoms with Gasteiger partial charge >= 0.3 is 0 Å². The lowest BCUT2D eigenvalue weighted by Gasteiger charge is -2.53. The molecule has 0 spiro atoms. The van der Waals surface area contributed by atoms with Crippen molar-refractivity contribution in [1.29, 1.82) is 0 Å². The first kappa shape index (κ1) is 23.2. The summed E-state index contributed by atoms with van der Waals surface area (Å²) in [4.78, 5) is 39.7. The van der Waals surface area contributed by atoms with Crippen molar-refractivity contribution in [2.24, 2.45) is 17.6 Å². The van der Waals surface area contributed by atoms with Crippen LogP contribution in [0, 0.1) is 11.8 Å². The zero-order valence-electron chi connectivity index (χ0n) is 17.4. The molecule has 0 aliphatic heterocycles. The number of hydrogen-bond acceptors (Lipinski definition) is 10. The number of fused-ring (bicyclic) bond motifs is 3. The fourth-order valence-electron chi connectivity index (χ4n) is 5.29. The highest BCUT2D eigenvalue weighted by molar-refractivity contribution is 6.32. The predicted octanol–water partition coefficient (Wildman–Crippen LogP) is -0.921. The quantitative estimate of drug-likeness (QED) is 0.259. The van der Waals surface area contributed by atoms with Gasteiger partial charge in [0, 0.05) is 22.1 Å². The van der Waals surface area contributed by atoms with E-state index in [9.17, 15) is 45.0 Å². The van der Waals surface area contributed by atoms with Crippen molar-refractivity contribution in [3.05, 3.63) is 45.2 Å². The monoisotopic (exact) mass is 480 g/mol. The number of primary amides is 1. The number of likely N-dealkylation sites (N-methyl/N-ethyl adjacent to an activating group) is 1. The highest BCUT2D eigenvalue weighted by atomic mass is 35.5. The van der Waals surface area contributed by atoms with Gasteiger partial charge in [-0.2, -0.15) is 0 Å². The number of amides is 1. The number of aromatic hydroxyl groups is 1. The van der Waals surface area contributed by atoms with Crippen molar-refractivity contribution in [1.82, 2.24) is 4.90 Å². The Hall–Kier alpha value is -2.96. The van der Waals surface area contributed by atoms with Crippen LogP contribution in [0.25, 0.3) is 5.76 Å². The molecular formula is C21H21ClN2O9. The summed E-state index contributed by atoms with van der Waals surface area (Å²) in [6, 6.07) is 0.839. The largest absolute Gasteiger partial charge is 0.508 e. The number of nitrogens with two attached hydrogens (primary N) is 1. The van der Waals surface area contributed by atoms with Crippen molar-refractivity contribution in [2.75, 3.05) is 14.1 Å². The standard InChI is InChI=1S/C21H21ClN2O9/c1-24(2)13-12-16(28)9-10(15(27)8-6(25)4-3-5(22)7(8)14(9)26)18(30)21(12,33)19(31)11(17(13)29)20(23)32/h3-4,9,12-14,16,25-28,31,33H,1-2H3,(H2,23,32)/t9-,12+,13-,14+,16?,21-/m0/s1. The Morgan fingerprint density at radius 2 is 1.76 bits per heavy atom. The van der Waals surface area contributed by atoms with Crippen LogP contribution in [0.2, 0.25) is 5.02 Å². The average molecular weight is 481 g/mol. The number of halogens is 1. The minimum Gasteiger partial charge on any atom is -0.508 e. The Balaban J connectivity index is 2.08. The fourth-order valence-corrected chi connectivity index (χ4v) is 5.56. The fraction of sp³-hybridized carbons (Fsp3) is 0.381. The van der Waals surface area contributed by atoms with E-state index in [0.29, 0.717) is 0 Å². The number of carbonyl (C=O) groups excluding carboxylic acids is 3. The van der Waals surface area contributed by atoms with E-state index in [1.165, 1.54) is 25.1 Å². The number of aliphatic hydroxyl groups is 5. The molecule has 3 aliphatic rings. The summed E-state index contributed by atoms with van der Waals surface area (Å²) in [6.45, 7) is 0. The highest BCUT2D eigenvalue weighted by Crippen LogP contribution is 2.56. The third-order valence-corrected chi connectivity index (χ3v) is 7.03. The van der Waals surface area contributed by atoms with Crippen molar-refractivity contribution < 1.29 is 45.0 Å². The summed E-state index contributed by atoms with van der Waals surface area (Å²) in [5.74, 6) is -9.96. The normalized spacial score (nSPS) is 33.7. The van der Waals surface area contributed by atoms with Crippen molar-refractivity contribution >= 4 is 34.8 Å². The minimum absolute atomic E-state index is 0.0796. The van der Waals surface area contributed by atoms with Gasteiger partial charge in [0.2, 0.25) is 5.78 Å². The molecule has 1 fully saturated rings. The molecule has 0 heterocycles. The summed E-state index contributed by atoms with van der Waals surface area (Å²) in [6.07, 6.45) is -3.64. The van der Waals surface area contributed by atoms with Crippen LogP contribution in [0.15, 0.2) is 29.0 Å². The van der Waals surface area contributed by atoms with Crippen LogP contribution in [0.3, 0.4) is 0 Å². The zero-order chi connectivity index (χ0) is 24.7. The van der Waals surface area contributed by atoms with Crippen LogP contribution in [0.4, 0.5) is 0 Å². The van der Waals surface area contributed by atoms with Gasteiger partial charge in [-0.15, -0.1) is 0 Å². The molecule has 0 saturated heterocycles. The lowest BCUT2D eigenvalue weighted by atomic mass is 9.55. The first-order chi connectivity index (χ1) is 15.3. The summed E-state index contributed by atoms with van der Waals surface area (Å²) in [7, 11) is 2.76. The van der Waals surface area contributed by atoms with E-state index in [2.05, 4.69) is 0 Å². The summed E-state index contributed by atoms with van der Waals surface area (Å²) >= 11 is 6.15. The molecule has 3 aliphatic carbocycles. The number of carbonyl (C=O) groups is 3. The average Bonchev–Trinajstić information content (AvgIpc) is 2.72. The molecule has 8 N–H and O–H groups in total. The van der Waals surface area contributed by atoms with E-state index >= 15 is 0 Å². The number of phenols is 1. The highest BCUT2D eigenvalue weighted by Gasteiger charge is 2.68. The van der Waals surface area contributed by atoms with Gasteiger partial charge in [0.15, 0.2) is 11.4 Å². The maximum absolute atomic E-state index is 13.6. The number of aliphatic hydroxyl groups excluding tert-OH is 4. The van der Waals surface area contributed by atoms with E-state index in [4.69, 9.17) is 17.3 Å². The molecule has 1 unspecified atom stereocenters. The number of phenolic OH excluding ortho intramolecular Hbond substituents is 1. The van der Waals surface area contributed by atoms with Gasteiger partial charge in [0.1, 0.15) is 22.8 Å². The maximum atomic E-state index is 13.6. The first-order valence-corrected chi connectivity index (χ1v) is 10.2. The molecule has 1 amide bonds. The Morgan fingerprint density at radius 1 is 1.15 bits per heavy atom. The maximum Gasteiger partial charge on any atom is 0.255 e. The van der Waals surface area contributed by atoms with Crippen LogP contribution in [-0.2, 0) is 14.4 Å². The van der Waals surface area contributed by atoms with E-state index < -0.39 is 87.1 Å². The number of rotatable bonds is 2. The SMILES string of the molecule is CN(C)[C@@H]1C(=O)C(C(N)=O)=C(O)[C@@]2(O)C(=O)C3=C(O)c4c(O)ccc(Cl)c4[C@@H](O)[C@H]3C(O)[C@@H]12. The van der Waals surface area contributed by atoms with Gasteiger partial charge in [0.05, 0.1) is 29.7 Å². The van der Waals surface area contributed by atoms with Crippen LogP contribution in [-0.4, -0.2) is 84.9 Å². The molecule has 6 atom stereocenters. The summed E-state index contributed by atoms with van der Waals surface area (Å²) in [5, 5.41) is 65.6. The van der Waals surface area contributed by atoms with E-state index in [1.54, 1.807) is 0 Å². The molecule has 11 nitrogen and oxygen atoms in total. The van der Waals surface area contributed by atoms with Crippen LogP contribution < -0.4 is 5.73 Å². The molecule has 4 rings (SSSR count). The number of hydrogen-bond donors (Lipinski definition) is 7. The number of Topliss-reactive ketones (excluding diaryl/α,β-unsaturated/α-hetero) is 2. The van der Waals surface area contributed by atoms with Gasteiger partial charge in [-0.25, -0.2) is 0 Å². The first-order valence-electron chi connectivity index (χ1n) is 9.80. The third kappa shape index (κ3) is 2.74. The molecule has 0 aromatic heterocycles. The molecule has 176 valence electrons. The van der Waals surface area contributed by atoms with Crippen LogP contribution >= 0.6 is 11.6 Å². The topological polar surface area (TPSA) is 202 Å². The molecule has 1 aromatic rings. The number of ketones is 2. The predicted molar refractivity (Wildman–Crippen MR) is 112 cm³/mol. The van der Waals surface area contributed by atoms with E-state index in [1.807, 2.05) is 0 Å². The molecule has 33 heavy (non-hydrogen) atoms. The third-order valence-electron chi connectivity index (χ3n) is 6.70. The number of benzene rings is 1. The molecule has 0 bridgehead atoms. The Bertz CT molecular complexity index is 1190. The van der Waals surface area contributed by atoms with Crippen LogP contribution in [0.5, 0.6) is 5.75 Å². The second kappa shape index (κ2) is 7.27. The molecule has 1 saturated carbocycles. The van der Waals surface area contributed by atoms with Gasteiger partial charge in [-0.3, -0.25) is 19.3 Å². The van der Waals surface area contributed by atoms with Gasteiger partial charge in [-0.1, -0.05) is 11.6 Å². The van der Waals surface area contributed by atoms with Gasteiger partial charge in [0.25, 0.3) is 5.91 Å². The second-order valence-corrected chi connectivity index (χ2v) is 8.97. The molecule has 1 aromatic carbocycles. The van der Waals surface area contributed by atoms with Crippen molar-refractivity contribution in [3.8, 4) is 5.75 Å².